The molecular weight excluding hydrogens is 266 g/mol. The van der Waals surface area contributed by atoms with Gasteiger partial charge in [0.15, 0.2) is 0 Å². The molecule has 0 bridgehead atoms. The van der Waals surface area contributed by atoms with Gasteiger partial charge in [0.1, 0.15) is 0 Å². The summed E-state index contributed by atoms with van der Waals surface area (Å²) in [4.78, 5) is 2.75. The molecule has 4 heteroatoms. The van der Waals surface area contributed by atoms with E-state index in [0.717, 1.165) is 12.8 Å². The molecule has 0 radical (unpaired) electrons. The number of likely N-dealkylation sites (tertiary alicyclic amines) is 1. The molecule has 112 valence electrons. The largest absolute Gasteiger partial charge is 0.296 e. The first-order chi connectivity index (χ1) is 9.85. The Bertz CT molecular complexity index is 392. The van der Waals surface area contributed by atoms with Crippen molar-refractivity contribution < 1.29 is 0 Å². The molecule has 1 aromatic rings. The molecule has 20 heavy (non-hydrogen) atoms. The van der Waals surface area contributed by atoms with Crippen molar-refractivity contribution in [1.82, 2.24) is 10.3 Å². The van der Waals surface area contributed by atoms with Crippen LogP contribution in [0.5, 0.6) is 0 Å². The average molecular weight is 293 g/mol. The molecule has 3 nitrogen and oxygen atoms in total. The minimum Gasteiger partial charge on any atom is -0.296 e. The standard InChI is InChI=1S/C16H27N3S/c17-18-15(6-5-14-7-12-20-13-14)16(8-1-2-9-16)19-10-3-4-11-19/h7,12-13,15,18H,1-6,8-11,17H2. The molecule has 2 fully saturated rings. The van der Waals surface area contributed by atoms with E-state index in [9.17, 15) is 0 Å². The highest BCUT2D eigenvalue weighted by Gasteiger charge is 2.45. The van der Waals surface area contributed by atoms with Crippen molar-refractivity contribution in [2.75, 3.05) is 13.1 Å². The van der Waals surface area contributed by atoms with E-state index in [1.807, 2.05) is 0 Å². The summed E-state index contributed by atoms with van der Waals surface area (Å²) in [5.74, 6) is 5.97. The second kappa shape index (κ2) is 6.56. The van der Waals surface area contributed by atoms with Crippen molar-refractivity contribution in [2.24, 2.45) is 5.84 Å². The molecule has 1 aliphatic carbocycles. The van der Waals surface area contributed by atoms with Gasteiger partial charge in [-0.15, -0.1) is 0 Å². The molecule has 1 saturated carbocycles. The lowest BCUT2D eigenvalue weighted by atomic mass is 9.83. The second-order valence-electron chi connectivity index (χ2n) is 6.39. The molecule has 1 atom stereocenters. The van der Waals surface area contributed by atoms with Crippen LogP contribution in [0.25, 0.3) is 0 Å². The quantitative estimate of drug-likeness (QED) is 0.626. The maximum atomic E-state index is 5.97. The van der Waals surface area contributed by atoms with E-state index in [-0.39, 0.29) is 0 Å². The predicted molar refractivity (Wildman–Crippen MR) is 85.8 cm³/mol. The van der Waals surface area contributed by atoms with Crippen LogP contribution in [0.4, 0.5) is 0 Å². The fraction of sp³-hybridized carbons (Fsp3) is 0.750. The maximum Gasteiger partial charge on any atom is 0.0397 e. The van der Waals surface area contributed by atoms with Crippen LogP contribution >= 0.6 is 11.3 Å². The Morgan fingerprint density at radius 2 is 2.00 bits per heavy atom. The number of hydrogen-bond acceptors (Lipinski definition) is 4. The molecule has 1 unspecified atom stereocenters. The van der Waals surface area contributed by atoms with E-state index < -0.39 is 0 Å². The summed E-state index contributed by atoms with van der Waals surface area (Å²) in [5.41, 5.74) is 4.98. The Kier molecular flexibility index (Phi) is 4.76. The second-order valence-corrected chi connectivity index (χ2v) is 7.17. The van der Waals surface area contributed by atoms with Gasteiger partial charge in [-0.25, -0.2) is 0 Å². The van der Waals surface area contributed by atoms with Crippen molar-refractivity contribution in [3.63, 3.8) is 0 Å². The van der Waals surface area contributed by atoms with Crippen LogP contribution in [0.3, 0.4) is 0 Å². The van der Waals surface area contributed by atoms with Gasteiger partial charge in [-0.2, -0.15) is 11.3 Å². The summed E-state index contributed by atoms with van der Waals surface area (Å²) >= 11 is 1.79. The van der Waals surface area contributed by atoms with Crippen LogP contribution < -0.4 is 11.3 Å². The fourth-order valence-corrected chi connectivity index (χ4v) is 4.99. The van der Waals surface area contributed by atoms with Gasteiger partial charge >= 0.3 is 0 Å². The van der Waals surface area contributed by atoms with Gasteiger partial charge < -0.3 is 0 Å². The number of thiophene rings is 1. The molecular formula is C16H27N3S. The van der Waals surface area contributed by atoms with Crippen LogP contribution in [-0.2, 0) is 6.42 Å². The number of nitrogens with two attached hydrogens (primary N) is 1. The number of hydrogen-bond donors (Lipinski definition) is 2. The third kappa shape index (κ3) is 2.80. The Morgan fingerprint density at radius 3 is 2.60 bits per heavy atom. The van der Waals surface area contributed by atoms with Gasteiger partial charge in [-0.1, -0.05) is 12.8 Å². The third-order valence-electron chi connectivity index (χ3n) is 5.36. The average Bonchev–Trinajstić information content (AvgIpc) is 3.22. The van der Waals surface area contributed by atoms with Crippen molar-refractivity contribution in [3.05, 3.63) is 22.4 Å². The summed E-state index contributed by atoms with van der Waals surface area (Å²) in [7, 11) is 0. The van der Waals surface area contributed by atoms with E-state index in [4.69, 9.17) is 5.84 Å². The first-order valence-electron chi connectivity index (χ1n) is 8.07. The normalized spacial score (nSPS) is 24.2. The highest BCUT2D eigenvalue weighted by atomic mass is 32.1. The molecule has 0 spiro atoms. The summed E-state index contributed by atoms with van der Waals surface area (Å²) < 4.78 is 0. The molecule has 2 heterocycles. The predicted octanol–water partition coefficient (Wildman–Crippen LogP) is 2.92. The Morgan fingerprint density at radius 1 is 1.25 bits per heavy atom. The lowest BCUT2D eigenvalue weighted by Gasteiger charge is -2.45. The first-order valence-corrected chi connectivity index (χ1v) is 9.02. The molecule has 2 aliphatic rings. The zero-order valence-corrected chi connectivity index (χ0v) is 13.1. The monoisotopic (exact) mass is 293 g/mol. The summed E-state index contributed by atoms with van der Waals surface area (Å²) in [6.45, 7) is 2.55. The van der Waals surface area contributed by atoms with E-state index >= 15 is 0 Å². The van der Waals surface area contributed by atoms with Crippen LogP contribution in [0.15, 0.2) is 16.8 Å². The summed E-state index contributed by atoms with van der Waals surface area (Å²) in [6.07, 6.45) is 10.4. The van der Waals surface area contributed by atoms with Crippen LogP contribution in [0.1, 0.15) is 50.5 Å². The molecule has 3 N–H and O–H groups in total. The van der Waals surface area contributed by atoms with E-state index in [1.165, 1.54) is 57.2 Å². The highest BCUT2D eigenvalue weighted by molar-refractivity contribution is 7.07. The zero-order valence-electron chi connectivity index (χ0n) is 12.3. The number of nitrogens with one attached hydrogen (secondary N) is 1. The van der Waals surface area contributed by atoms with Crippen molar-refractivity contribution in [1.29, 1.82) is 0 Å². The topological polar surface area (TPSA) is 41.3 Å². The summed E-state index contributed by atoms with van der Waals surface area (Å²) in [6, 6.07) is 2.68. The first kappa shape index (κ1) is 14.5. The van der Waals surface area contributed by atoms with Gasteiger partial charge in [-0.05, 0) is 74.0 Å². The Balaban J connectivity index is 1.70. The molecule has 3 rings (SSSR count). The lowest BCUT2D eigenvalue weighted by molar-refractivity contribution is 0.0731. The molecule has 1 aromatic heterocycles. The van der Waals surface area contributed by atoms with Crippen molar-refractivity contribution in [2.45, 2.75) is 62.9 Å². The minimum atomic E-state index is 0.335. The number of aryl methyl sites for hydroxylation is 1. The van der Waals surface area contributed by atoms with Crippen molar-refractivity contribution in [3.8, 4) is 0 Å². The van der Waals surface area contributed by atoms with Crippen LogP contribution in [-0.4, -0.2) is 29.6 Å². The van der Waals surface area contributed by atoms with Gasteiger partial charge in [0, 0.05) is 11.6 Å². The molecule has 1 saturated heterocycles. The number of hydrazine groups is 1. The molecule has 1 aliphatic heterocycles. The van der Waals surface area contributed by atoms with Crippen LogP contribution in [0, 0.1) is 0 Å². The highest BCUT2D eigenvalue weighted by Crippen LogP contribution is 2.41. The SMILES string of the molecule is NNC(CCc1ccsc1)C1(N2CCCC2)CCCC1. The van der Waals surface area contributed by atoms with E-state index in [2.05, 4.69) is 27.2 Å². The molecule has 0 aromatic carbocycles. The summed E-state index contributed by atoms with van der Waals surface area (Å²) in [5, 5.41) is 4.44. The number of nitrogens with zero attached hydrogens (tertiary/aromatic N) is 1. The van der Waals surface area contributed by atoms with E-state index in [1.54, 1.807) is 11.3 Å². The fourth-order valence-electron chi connectivity index (χ4n) is 4.29. The number of rotatable bonds is 6. The Hall–Kier alpha value is -0.420. The minimum absolute atomic E-state index is 0.335. The maximum absolute atomic E-state index is 5.97. The third-order valence-corrected chi connectivity index (χ3v) is 6.09. The van der Waals surface area contributed by atoms with E-state index in [0.29, 0.717) is 11.6 Å². The molecule has 0 amide bonds. The lowest BCUT2D eigenvalue weighted by Crippen LogP contribution is -2.60. The van der Waals surface area contributed by atoms with Gasteiger partial charge in [-0.3, -0.25) is 16.2 Å². The van der Waals surface area contributed by atoms with Gasteiger partial charge in [0.2, 0.25) is 0 Å². The van der Waals surface area contributed by atoms with Gasteiger partial charge in [0.05, 0.1) is 0 Å². The smallest absolute Gasteiger partial charge is 0.0397 e. The van der Waals surface area contributed by atoms with Crippen molar-refractivity contribution >= 4 is 11.3 Å². The van der Waals surface area contributed by atoms with Crippen LogP contribution in [0.2, 0.25) is 0 Å². The zero-order chi connectivity index (χ0) is 13.8. The Labute approximate surface area is 126 Å². The van der Waals surface area contributed by atoms with Gasteiger partial charge in [0.25, 0.3) is 0 Å².